The van der Waals surface area contributed by atoms with Gasteiger partial charge in [-0.25, -0.2) is 14.2 Å². The van der Waals surface area contributed by atoms with E-state index in [0.29, 0.717) is 5.69 Å². The quantitative estimate of drug-likeness (QED) is 0.237. The zero-order chi connectivity index (χ0) is 30.5. The van der Waals surface area contributed by atoms with Gasteiger partial charge in [0.2, 0.25) is 0 Å². The number of para-hydroxylation sites is 1. The second-order valence-electron chi connectivity index (χ2n) is 10.1. The Kier molecular flexibility index (Phi) is 10.5. The van der Waals surface area contributed by atoms with Crippen molar-refractivity contribution in [3.05, 3.63) is 58.8 Å². The number of hydrogen-bond donors (Lipinski definition) is 3. The molecule has 0 bridgehead atoms. The van der Waals surface area contributed by atoms with E-state index in [1.165, 1.54) is 45.2 Å². The van der Waals surface area contributed by atoms with Gasteiger partial charge in [-0.15, -0.1) is 0 Å². The van der Waals surface area contributed by atoms with E-state index >= 15 is 0 Å². The van der Waals surface area contributed by atoms with E-state index in [9.17, 15) is 29.2 Å². The first-order valence-corrected chi connectivity index (χ1v) is 14.5. The number of aliphatic hydroxyl groups excluding tert-OH is 1. The molecule has 1 aliphatic rings. The third kappa shape index (κ3) is 8.22. The molecule has 0 radical (unpaired) electrons. The fourth-order valence-corrected chi connectivity index (χ4v) is 5.38. The molecule has 1 aliphatic heterocycles. The Labute approximate surface area is 237 Å². The molecule has 1 aromatic carbocycles. The first-order chi connectivity index (χ1) is 19.1. The monoisotopic (exact) mass is 597 g/mol. The topological polar surface area (TPSA) is 185 Å². The predicted octanol–water partition coefficient (Wildman–Crippen LogP) is 1.63. The predicted molar refractivity (Wildman–Crippen MR) is 144 cm³/mol. The van der Waals surface area contributed by atoms with Gasteiger partial charge in [-0.05, 0) is 59.7 Å². The molecule has 2 aromatic rings. The normalized spacial score (nSPS) is 25.2. The highest BCUT2D eigenvalue weighted by atomic mass is 31.2. The van der Waals surface area contributed by atoms with Gasteiger partial charge in [0, 0.05) is 11.9 Å². The number of benzene rings is 1. The molecule has 226 valence electrons. The molecule has 0 saturated carbocycles. The Morgan fingerprint density at radius 3 is 2.41 bits per heavy atom. The number of ether oxygens (including phenoxy) is 3. The number of nitrogens with one attached hydrogen (secondary N) is 1. The number of nitrogens with zero attached hydrogens (tertiary/aromatic N) is 2. The first-order valence-electron chi connectivity index (χ1n) is 12.9. The molecular weight excluding hydrogens is 561 g/mol. The summed E-state index contributed by atoms with van der Waals surface area (Å²) in [4.78, 5) is 40.9. The number of hydrogen-bond acceptors (Lipinski definition) is 12. The van der Waals surface area contributed by atoms with Crippen LogP contribution in [0.25, 0.3) is 0 Å². The maximum atomic E-state index is 13.8. The Balaban J connectivity index is 1.76. The van der Waals surface area contributed by atoms with Gasteiger partial charge in [0.15, 0.2) is 12.3 Å². The highest BCUT2D eigenvalue weighted by Gasteiger charge is 2.54. The van der Waals surface area contributed by atoms with E-state index in [4.69, 9.17) is 23.3 Å². The van der Waals surface area contributed by atoms with Crippen molar-refractivity contribution in [1.29, 1.82) is 0 Å². The summed E-state index contributed by atoms with van der Waals surface area (Å²) in [7, 11) is -4.39. The average Bonchev–Trinajstić information content (AvgIpc) is 3.11. The standard InChI is InChI=1S/C26H36N3O11P/c1-15(2)37-23(32)18(5)38-22(31)17(4)28-41(35,40-19-10-8-7-9-11-19)36-14-20-21(30)26(6,34)24(39-20)29-13-12-16(3)27-25(29)33/h7-13,15,17-18,20-21,24,30,34H,14H2,1-6H3,(H,28,35)/t17-,18-,20+,21+,24+,26+,41-/m0/s1. The molecule has 14 nitrogen and oxygen atoms in total. The van der Waals surface area contributed by atoms with Crippen LogP contribution >= 0.6 is 7.75 Å². The molecule has 1 fully saturated rings. The van der Waals surface area contributed by atoms with Crippen LogP contribution in [-0.4, -0.2) is 74.4 Å². The van der Waals surface area contributed by atoms with Crippen LogP contribution < -0.4 is 15.3 Å². The van der Waals surface area contributed by atoms with Gasteiger partial charge in [0.1, 0.15) is 29.6 Å². The second-order valence-corrected chi connectivity index (χ2v) is 11.8. The van der Waals surface area contributed by atoms with E-state index in [1.807, 2.05) is 0 Å². The SMILES string of the molecule is Cc1ccn([C@@H]2O[C@H](CO[P@@](=O)(N[C@@H](C)C(=O)O[C@@H](C)C(=O)OC(C)C)Oc3ccccc3)[C@@H](O)[C@@]2(C)O)c(=O)n1. The average molecular weight is 598 g/mol. The highest BCUT2D eigenvalue weighted by Crippen LogP contribution is 2.46. The molecule has 0 spiro atoms. The van der Waals surface area contributed by atoms with Crippen molar-refractivity contribution in [2.45, 2.75) is 83.8 Å². The number of aryl methyl sites for hydroxylation is 1. The van der Waals surface area contributed by atoms with Gasteiger partial charge in [-0.2, -0.15) is 10.1 Å². The van der Waals surface area contributed by atoms with E-state index < -0.39 is 74.3 Å². The zero-order valence-electron chi connectivity index (χ0n) is 23.6. The molecule has 41 heavy (non-hydrogen) atoms. The lowest BCUT2D eigenvalue weighted by Crippen LogP contribution is -2.46. The van der Waals surface area contributed by atoms with Crippen molar-refractivity contribution < 1.29 is 47.6 Å². The summed E-state index contributed by atoms with van der Waals surface area (Å²) >= 11 is 0. The Bertz CT molecular complexity index is 1320. The van der Waals surface area contributed by atoms with Gasteiger partial charge in [-0.1, -0.05) is 18.2 Å². The smallest absolute Gasteiger partial charge is 0.459 e. The summed E-state index contributed by atoms with van der Waals surface area (Å²) in [6.07, 6.45) is -4.47. The summed E-state index contributed by atoms with van der Waals surface area (Å²) in [5, 5.41) is 24.2. The van der Waals surface area contributed by atoms with E-state index in [2.05, 4.69) is 10.1 Å². The van der Waals surface area contributed by atoms with Gasteiger partial charge >= 0.3 is 25.4 Å². The summed E-state index contributed by atoms with van der Waals surface area (Å²) in [6.45, 7) is 8.26. The van der Waals surface area contributed by atoms with Gasteiger partial charge < -0.3 is 28.9 Å². The van der Waals surface area contributed by atoms with Crippen LogP contribution in [0.5, 0.6) is 5.75 Å². The second kappa shape index (κ2) is 13.2. The fraction of sp³-hybridized carbons (Fsp3) is 0.538. The lowest BCUT2D eigenvalue weighted by Gasteiger charge is -2.27. The van der Waals surface area contributed by atoms with Crippen LogP contribution in [0.4, 0.5) is 0 Å². The largest absolute Gasteiger partial charge is 0.460 e. The van der Waals surface area contributed by atoms with Crippen LogP contribution in [0, 0.1) is 6.92 Å². The van der Waals surface area contributed by atoms with E-state index in [-0.39, 0.29) is 5.75 Å². The summed E-state index contributed by atoms with van der Waals surface area (Å²) in [6, 6.07) is 8.20. The minimum Gasteiger partial charge on any atom is -0.460 e. The molecule has 3 N–H and O–H groups in total. The van der Waals surface area contributed by atoms with Gasteiger partial charge in [-0.3, -0.25) is 13.9 Å². The Morgan fingerprint density at radius 1 is 1.15 bits per heavy atom. The molecule has 1 saturated heterocycles. The fourth-order valence-electron chi connectivity index (χ4n) is 3.88. The van der Waals surface area contributed by atoms with Crippen LogP contribution in [-0.2, 0) is 32.9 Å². The Hall–Kier alpha value is -3.13. The van der Waals surface area contributed by atoms with Crippen molar-refractivity contribution in [3.63, 3.8) is 0 Å². The molecule has 1 aromatic heterocycles. The van der Waals surface area contributed by atoms with Crippen LogP contribution in [0.3, 0.4) is 0 Å². The zero-order valence-corrected chi connectivity index (χ0v) is 24.5. The summed E-state index contributed by atoms with van der Waals surface area (Å²) in [5.74, 6) is -1.56. The van der Waals surface area contributed by atoms with Crippen molar-refractivity contribution in [3.8, 4) is 5.75 Å². The Morgan fingerprint density at radius 2 is 1.80 bits per heavy atom. The highest BCUT2D eigenvalue weighted by molar-refractivity contribution is 7.52. The maximum Gasteiger partial charge on any atom is 0.459 e. The third-order valence-corrected chi connectivity index (χ3v) is 7.68. The van der Waals surface area contributed by atoms with E-state index in [0.717, 1.165) is 4.57 Å². The number of aromatic nitrogens is 2. The molecule has 15 heteroatoms. The van der Waals surface area contributed by atoms with Crippen molar-refractivity contribution in [2.24, 2.45) is 0 Å². The van der Waals surface area contributed by atoms with Crippen molar-refractivity contribution in [1.82, 2.24) is 14.6 Å². The molecule has 0 aliphatic carbocycles. The first kappa shape index (κ1) is 32.4. The number of rotatable bonds is 12. The van der Waals surface area contributed by atoms with Crippen LogP contribution in [0.15, 0.2) is 47.4 Å². The molecule has 2 heterocycles. The molecule has 7 atom stereocenters. The minimum atomic E-state index is -4.39. The van der Waals surface area contributed by atoms with Crippen LogP contribution in [0.1, 0.15) is 46.5 Å². The molecular formula is C26H36N3O11P. The van der Waals surface area contributed by atoms with E-state index in [1.54, 1.807) is 39.0 Å². The number of aliphatic hydroxyl groups is 2. The molecule has 0 amide bonds. The summed E-state index contributed by atoms with van der Waals surface area (Å²) < 4.78 is 41.9. The van der Waals surface area contributed by atoms with Crippen LogP contribution in [0.2, 0.25) is 0 Å². The van der Waals surface area contributed by atoms with Crippen molar-refractivity contribution >= 4 is 19.7 Å². The third-order valence-electron chi connectivity index (χ3n) is 6.04. The summed E-state index contributed by atoms with van der Waals surface area (Å²) in [5.41, 5.74) is -2.21. The molecule has 3 rings (SSSR count). The molecule has 0 unspecified atom stereocenters. The number of esters is 2. The maximum absolute atomic E-state index is 13.8. The number of carbonyl (C=O) groups excluding carboxylic acids is 2. The lowest BCUT2D eigenvalue weighted by atomic mass is 9.96. The lowest BCUT2D eigenvalue weighted by molar-refractivity contribution is -0.169. The minimum absolute atomic E-state index is 0.132. The number of carbonyl (C=O) groups is 2. The van der Waals surface area contributed by atoms with Gasteiger partial charge in [0.05, 0.1) is 12.7 Å². The van der Waals surface area contributed by atoms with Crippen molar-refractivity contribution in [2.75, 3.05) is 6.61 Å². The van der Waals surface area contributed by atoms with Gasteiger partial charge in [0.25, 0.3) is 0 Å².